The molecule has 1 aliphatic heterocycles. The molecule has 0 saturated carbocycles. The topological polar surface area (TPSA) is 133 Å². The second-order valence-corrected chi connectivity index (χ2v) is 6.48. The average molecular weight is 384 g/mol. The molecule has 27 heavy (non-hydrogen) atoms. The lowest BCUT2D eigenvalue weighted by Crippen LogP contribution is -2.17. The third kappa shape index (κ3) is 4.15. The number of thioether (sulfide) groups is 1. The molecular weight excluding hydrogens is 372 g/mol. The first-order valence-electron chi connectivity index (χ1n) is 7.56. The number of carbonyl (C=O) groups is 4. The highest BCUT2D eigenvalue weighted by molar-refractivity contribution is 8.18. The van der Waals surface area contributed by atoms with E-state index in [0.29, 0.717) is 5.56 Å². The second kappa shape index (κ2) is 7.34. The highest BCUT2D eigenvalue weighted by atomic mass is 32.2. The molecule has 0 bridgehead atoms. The molecule has 9 heteroatoms. The van der Waals surface area contributed by atoms with Crippen molar-refractivity contribution in [1.82, 2.24) is 5.32 Å². The number of phenols is 1. The van der Waals surface area contributed by atoms with Gasteiger partial charge in [-0.2, -0.15) is 0 Å². The van der Waals surface area contributed by atoms with Crippen LogP contribution < -0.4 is 10.6 Å². The van der Waals surface area contributed by atoms with Crippen LogP contribution in [0.2, 0.25) is 0 Å². The van der Waals surface area contributed by atoms with Gasteiger partial charge in [-0.05, 0) is 53.7 Å². The van der Waals surface area contributed by atoms with Crippen molar-refractivity contribution < 1.29 is 29.4 Å². The molecule has 0 aromatic heterocycles. The van der Waals surface area contributed by atoms with Crippen molar-refractivity contribution in [2.75, 3.05) is 5.32 Å². The van der Waals surface area contributed by atoms with Crippen molar-refractivity contribution in [1.29, 1.82) is 0 Å². The number of rotatable bonds is 4. The lowest BCUT2D eigenvalue weighted by molar-refractivity contribution is -0.115. The predicted molar refractivity (Wildman–Crippen MR) is 98.6 cm³/mol. The van der Waals surface area contributed by atoms with Gasteiger partial charge in [0.25, 0.3) is 17.1 Å². The molecule has 0 aliphatic carbocycles. The Morgan fingerprint density at radius 3 is 2.37 bits per heavy atom. The zero-order chi connectivity index (χ0) is 19.6. The number of aromatic carboxylic acids is 1. The number of benzene rings is 2. The molecule has 2 aromatic rings. The summed E-state index contributed by atoms with van der Waals surface area (Å²) in [5.74, 6) is -2.52. The summed E-state index contributed by atoms with van der Waals surface area (Å²) in [6.07, 6.45) is 1.52. The molecule has 136 valence electrons. The molecule has 1 aliphatic rings. The summed E-state index contributed by atoms with van der Waals surface area (Å²) >= 11 is 0.792. The van der Waals surface area contributed by atoms with E-state index in [-0.39, 0.29) is 27.5 Å². The zero-order valence-electron chi connectivity index (χ0n) is 13.6. The number of carbonyl (C=O) groups excluding carboxylic acids is 3. The number of imide groups is 1. The molecule has 3 rings (SSSR count). The number of nitrogens with one attached hydrogen (secondary N) is 2. The van der Waals surface area contributed by atoms with Gasteiger partial charge in [-0.25, -0.2) is 4.79 Å². The van der Waals surface area contributed by atoms with Crippen LogP contribution in [0.1, 0.15) is 26.3 Å². The molecule has 4 N–H and O–H groups in total. The second-order valence-electron chi connectivity index (χ2n) is 5.46. The lowest BCUT2D eigenvalue weighted by atomic mass is 10.1. The molecule has 0 atom stereocenters. The van der Waals surface area contributed by atoms with E-state index in [2.05, 4.69) is 10.6 Å². The van der Waals surface area contributed by atoms with Crippen molar-refractivity contribution in [3.05, 3.63) is 64.1 Å². The van der Waals surface area contributed by atoms with Crippen LogP contribution in [0.15, 0.2) is 47.4 Å². The monoisotopic (exact) mass is 384 g/mol. The van der Waals surface area contributed by atoms with Crippen LogP contribution in [0.3, 0.4) is 0 Å². The molecule has 2 aromatic carbocycles. The Hall–Kier alpha value is -3.59. The first-order chi connectivity index (χ1) is 12.8. The molecule has 1 heterocycles. The van der Waals surface area contributed by atoms with E-state index in [4.69, 9.17) is 5.11 Å². The van der Waals surface area contributed by atoms with E-state index in [1.807, 2.05) is 0 Å². The Labute approximate surface area is 156 Å². The predicted octanol–water partition coefficient (Wildman–Crippen LogP) is 2.67. The largest absolute Gasteiger partial charge is 0.508 e. The van der Waals surface area contributed by atoms with E-state index in [0.717, 1.165) is 17.8 Å². The van der Waals surface area contributed by atoms with Crippen LogP contribution in [0.5, 0.6) is 5.75 Å². The minimum Gasteiger partial charge on any atom is -0.508 e. The molecule has 0 unspecified atom stereocenters. The van der Waals surface area contributed by atoms with Crippen LogP contribution in [0, 0.1) is 0 Å². The van der Waals surface area contributed by atoms with Crippen LogP contribution in [0.25, 0.3) is 6.08 Å². The summed E-state index contributed by atoms with van der Waals surface area (Å²) in [6.45, 7) is 0. The highest BCUT2D eigenvalue weighted by Gasteiger charge is 2.24. The van der Waals surface area contributed by atoms with Gasteiger partial charge in [0.05, 0.1) is 16.2 Å². The van der Waals surface area contributed by atoms with E-state index in [9.17, 15) is 24.3 Å². The van der Waals surface area contributed by atoms with Gasteiger partial charge in [0, 0.05) is 5.56 Å². The fourth-order valence-electron chi connectivity index (χ4n) is 2.32. The fourth-order valence-corrected chi connectivity index (χ4v) is 3.00. The van der Waals surface area contributed by atoms with Gasteiger partial charge in [-0.15, -0.1) is 0 Å². The van der Waals surface area contributed by atoms with E-state index >= 15 is 0 Å². The first kappa shape index (κ1) is 18.2. The Morgan fingerprint density at radius 1 is 1.07 bits per heavy atom. The third-order valence-corrected chi connectivity index (χ3v) is 4.41. The van der Waals surface area contributed by atoms with Gasteiger partial charge in [-0.3, -0.25) is 19.7 Å². The van der Waals surface area contributed by atoms with Gasteiger partial charge < -0.3 is 15.5 Å². The van der Waals surface area contributed by atoms with Crippen molar-refractivity contribution in [2.45, 2.75) is 0 Å². The van der Waals surface area contributed by atoms with Crippen molar-refractivity contribution in [2.24, 2.45) is 0 Å². The van der Waals surface area contributed by atoms with E-state index in [1.54, 1.807) is 12.1 Å². The maximum absolute atomic E-state index is 12.3. The normalized spacial score (nSPS) is 14.9. The van der Waals surface area contributed by atoms with Gasteiger partial charge in [0.2, 0.25) is 0 Å². The Bertz CT molecular complexity index is 997. The molecule has 0 radical (unpaired) electrons. The number of anilines is 1. The maximum Gasteiger partial charge on any atom is 0.337 e. The summed E-state index contributed by atoms with van der Waals surface area (Å²) in [7, 11) is 0. The van der Waals surface area contributed by atoms with E-state index in [1.165, 1.54) is 30.3 Å². The van der Waals surface area contributed by atoms with Crippen molar-refractivity contribution in [3.8, 4) is 5.75 Å². The van der Waals surface area contributed by atoms with Crippen LogP contribution in [0.4, 0.5) is 10.5 Å². The number of amides is 3. The molecule has 1 saturated heterocycles. The quantitative estimate of drug-likeness (QED) is 0.470. The number of hydrogen-bond acceptors (Lipinski definition) is 6. The van der Waals surface area contributed by atoms with Crippen LogP contribution in [-0.4, -0.2) is 33.2 Å². The highest BCUT2D eigenvalue weighted by Crippen LogP contribution is 2.26. The minimum absolute atomic E-state index is 0.0500. The summed E-state index contributed by atoms with van der Waals surface area (Å²) in [5, 5.41) is 22.7. The van der Waals surface area contributed by atoms with Gasteiger partial charge in [0.15, 0.2) is 0 Å². The number of phenolic OH excluding ortho intramolecular Hbond substituents is 1. The summed E-state index contributed by atoms with van der Waals surface area (Å²) in [5.41, 5.74) is 0.698. The lowest BCUT2D eigenvalue weighted by Gasteiger charge is -2.09. The smallest absolute Gasteiger partial charge is 0.337 e. The number of hydrogen-bond donors (Lipinski definition) is 4. The van der Waals surface area contributed by atoms with Gasteiger partial charge >= 0.3 is 5.97 Å². The first-order valence-corrected chi connectivity index (χ1v) is 8.38. The molecule has 3 amide bonds. The fraction of sp³-hybridized carbons (Fsp3) is 0. The standard InChI is InChI=1S/C18H12N2O6S/c21-11-5-6-13(12(8-11)17(24)25)19-15(22)10-3-1-9(2-4-10)7-14-16(23)20-18(26)27-14/h1-8,21H,(H,19,22)(H,24,25)(H,20,23,26)/b14-7-. The molecule has 1 fully saturated rings. The summed E-state index contributed by atoms with van der Waals surface area (Å²) in [6, 6.07) is 9.79. The Morgan fingerprint density at radius 2 is 1.78 bits per heavy atom. The van der Waals surface area contributed by atoms with Crippen molar-refractivity contribution in [3.63, 3.8) is 0 Å². The van der Waals surface area contributed by atoms with Crippen molar-refractivity contribution >= 4 is 46.5 Å². The number of aromatic hydroxyl groups is 1. The maximum atomic E-state index is 12.3. The Balaban J connectivity index is 1.77. The molecule has 0 spiro atoms. The number of carboxylic acid groups (broad SMARTS) is 1. The molecular formula is C18H12N2O6S. The average Bonchev–Trinajstić information content (AvgIpc) is 2.94. The van der Waals surface area contributed by atoms with E-state index < -0.39 is 23.0 Å². The van der Waals surface area contributed by atoms with Gasteiger partial charge in [0.1, 0.15) is 5.75 Å². The third-order valence-electron chi connectivity index (χ3n) is 3.59. The SMILES string of the molecule is O=C1NC(=O)/C(=C/c2ccc(C(=O)Nc3ccc(O)cc3C(=O)O)cc2)S1. The number of carboxylic acids is 1. The zero-order valence-corrected chi connectivity index (χ0v) is 14.4. The minimum atomic E-state index is -1.29. The summed E-state index contributed by atoms with van der Waals surface area (Å²) in [4.78, 5) is 46.5. The Kier molecular flexibility index (Phi) is 4.95. The van der Waals surface area contributed by atoms with Crippen LogP contribution in [-0.2, 0) is 4.79 Å². The molecule has 8 nitrogen and oxygen atoms in total. The van der Waals surface area contributed by atoms with Crippen LogP contribution >= 0.6 is 11.8 Å². The van der Waals surface area contributed by atoms with Gasteiger partial charge in [-0.1, -0.05) is 12.1 Å². The summed E-state index contributed by atoms with van der Waals surface area (Å²) < 4.78 is 0.